The minimum absolute atomic E-state index is 0.00548. The normalized spacial score (nSPS) is 18.1. The predicted octanol–water partition coefficient (Wildman–Crippen LogP) is 1.51. The van der Waals surface area contributed by atoms with Crippen LogP contribution in [-0.4, -0.2) is 48.3 Å². The van der Waals surface area contributed by atoms with Gasteiger partial charge in [0.15, 0.2) is 0 Å². The van der Waals surface area contributed by atoms with Crippen molar-refractivity contribution in [3.05, 3.63) is 29.8 Å². The van der Waals surface area contributed by atoms with E-state index in [0.29, 0.717) is 26.2 Å². The van der Waals surface area contributed by atoms with Gasteiger partial charge < -0.3 is 15.2 Å². The lowest BCUT2D eigenvalue weighted by Gasteiger charge is -2.25. The van der Waals surface area contributed by atoms with Crippen molar-refractivity contribution in [2.45, 2.75) is 32.4 Å². The first-order valence-corrected chi connectivity index (χ1v) is 7.56. The van der Waals surface area contributed by atoms with E-state index in [-0.39, 0.29) is 17.8 Å². The van der Waals surface area contributed by atoms with E-state index >= 15 is 0 Å². The first-order valence-electron chi connectivity index (χ1n) is 7.56. The van der Waals surface area contributed by atoms with E-state index in [2.05, 4.69) is 5.32 Å². The number of phenols is 1. The molecule has 0 spiro atoms. The van der Waals surface area contributed by atoms with Crippen LogP contribution in [0.15, 0.2) is 24.3 Å². The average Bonchev–Trinajstić information content (AvgIpc) is 2.94. The molecule has 1 fully saturated rings. The maximum atomic E-state index is 11.8. The lowest BCUT2D eigenvalue weighted by molar-refractivity contribution is -0.122. The van der Waals surface area contributed by atoms with Crippen molar-refractivity contribution in [3.63, 3.8) is 0 Å². The van der Waals surface area contributed by atoms with Gasteiger partial charge in [0.05, 0.1) is 12.6 Å². The number of phenolic OH excluding ortho intramolecular Hbond substituents is 1. The zero-order valence-electron chi connectivity index (χ0n) is 12.5. The van der Waals surface area contributed by atoms with Crippen LogP contribution in [0.2, 0.25) is 0 Å². The minimum Gasteiger partial charge on any atom is -0.508 e. The number of hydrogen-bond donors (Lipinski definition) is 2. The minimum atomic E-state index is 0.00548. The van der Waals surface area contributed by atoms with E-state index in [1.54, 1.807) is 12.1 Å². The van der Waals surface area contributed by atoms with Crippen LogP contribution in [0.3, 0.4) is 0 Å². The third kappa shape index (κ3) is 5.02. The van der Waals surface area contributed by atoms with Crippen LogP contribution in [0.25, 0.3) is 0 Å². The Morgan fingerprint density at radius 1 is 1.48 bits per heavy atom. The summed E-state index contributed by atoms with van der Waals surface area (Å²) in [5, 5.41) is 12.7. The number of likely N-dealkylation sites (N-methyl/N-ethyl adjacent to an activating group) is 1. The zero-order chi connectivity index (χ0) is 15.1. The topological polar surface area (TPSA) is 61.8 Å². The molecule has 5 heteroatoms. The highest BCUT2D eigenvalue weighted by molar-refractivity contribution is 5.77. The summed E-state index contributed by atoms with van der Waals surface area (Å²) >= 11 is 0. The second kappa shape index (κ2) is 8.00. The van der Waals surface area contributed by atoms with Crippen molar-refractivity contribution in [2.75, 3.05) is 26.2 Å². The number of ether oxygens (including phenoxy) is 1. The van der Waals surface area contributed by atoms with Gasteiger partial charge in [-0.3, -0.25) is 9.69 Å². The van der Waals surface area contributed by atoms with Gasteiger partial charge in [-0.25, -0.2) is 0 Å². The smallest absolute Gasteiger partial charge is 0.234 e. The number of carbonyl (C=O) groups is 1. The van der Waals surface area contributed by atoms with Crippen LogP contribution in [0.5, 0.6) is 5.75 Å². The Morgan fingerprint density at radius 2 is 2.29 bits per heavy atom. The summed E-state index contributed by atoms with van der Waals surface area (Å²) in [6, 6.07) is 7.25. The number of benzene rings is 1. The second-order valence-corrected chi connectivity index (χ2v) is 5.39. The van der Waals surface area contributed by atoms with Gasteiger partial charge in [0.1, 0.15) is 5.75 Å². The maximum absolute atomic E-state index is 11.8. The van der Waals surface area contributed by atoms with Gasteiger partial charge in [-0.1, -0.05) is 18.2 Å². The quantitative estimate of drug-likeness (QED) is 0.799. The standard InChI is InChI=1S/C16H24N2O3/c1-2-17-16(20)12-18(11-14-7-5-9-21-14)10-13-6-3-4-8-15(13)19/h3-4,6,8,14,19H,2,5,7,9-12H2,1H3,(H,17,20). The lowest BCUT2D eigenvalue weighted by Crippen LogP contribution is -2.40. The molecule has 1 aliphatic heterocycles. The lowest BCUT2D eigenvalue weighted by atomic mass is 10.1. The number of rotatable bonds is 7. The number of hydrogen-bond acceptors (Lipinski definition) is 4. The SMILES string of the molecule is CCNC(=O)CN(Cc1ccccc1O)CC1CCCO1. The fourth-order valence-electron chi connectivity index (χ4n) is 2.60. The highest BCUT2D eigenvalue weighted by Gasteiger charge is 2.21. The third-order valence-electron chi connectivity index (χ3n) is 3.61. The molecular formula is C16H24N2O3. The van der Waals surface area contributed by atoms with E-state index in [9.17, 15) is 9.90 Å². The third-order valence-corrected chi connectivity index (χ3v) is 3.61. The largest absolute Gasteiger partial charge is 0.508 e. The Hall–Kier alpha value is -1.59. The summed E-state index contributed by atoms with van der Waals surface area (Å²) in [4.78, 5) is 13.9. The molecule has 1 amide bonds. The molecule has 0 saturated carbocycles. The molecule has 0 radical (unpaired) electrons. The molecular weight excluding hydrogens is 268 g/mol. The first kappa shape index (κ1) is 15.8. The van der Waals surface area contributed by atoms with Crippen molar-refractivity contribution in [2.24, 2.45) is 0 Å². The van der Waals surface area contributed by atoms with E-state index in [1.807, 2.05) is 24.0 Å². The van der Waals surface area contributed by atoms with Gasteiger partial charge in [0.2, 0.25) is 5.91 Å². The van der Waals surface area contributed by atoms with Gasteiger partial charge in [-0.2, -0.15) is 0 Å². The second-order valence-electron chi connectivity index (χ2n) is 5.39. The van der Waals surface area contributed by atoms with E-state index in [0.717, 1.165) is 25.0 Å². The molecule has 1 saturated heterocycles. The van der Waals surface area contributed by atoms with Crippen LogP contribution in [-0.2, 0) is 16.1 Å². The molecule has 0 aromatic heterocycles. The Kier molecular flexibility index (Phi) is 6.02. The molecule has 1 aromatic rings. The molecule has 1 atom stereocenters. The van der Waals surface area contributed by atoms with Crippen molar-refractivity contribution in [3.8, 4) is 5.75 Å². The summed E-state index contributed by atoms with van der Waals surface area (Å²) in [6.07, 6.45) is 2.30. The summed E-state index contributed by atoms with van der Waals surface area (Å²) in [5.41, 5.74) is 0.833. The van der Waals surface area contributed by atoms with Crippen molar-refractivity contribution < 1.29 is 14.6 Å². The maximum Gasteiger partial charge on any atom is 0.234 e. The number of aromatic hydroxyl groups is 1. The molecule has 1 aromatic carbocycles. The van der Waals surface area contributed by atoms with Crippen LogP contribution < -0.4 is 5.32 Å². The molecule has 21 heavy (non-hydrogen) atoms. The van der Waals surface area contributed by atoms with Crippen molar-refractivity contribution in [1.29, 1.82) is 0 Å². The molecule has 5 nitrogen and oxygen atoms in total. The molecule has 1 heterocycles. The summed E-state index contributed by atoms with van der Waals surface area (Å²) < 4.78 is 5.66. The molecule has 2 rings (SSSR count). The van der Waals surface area contributed by atoms with Crippen LogP contribution in [0.4, 0.5) is 0 Å². The van der Waals surface area contributed by atoms with Crippen molar-refractivity contribution >= 4 is 5.91 Å². The van der Waals surface area contributed by atoms with Gasteiger partial charge in [0, 0.05) is 31.8 Å². The van der Waals surface area contributed by atoms with Crippen LogP contribution >= 0.6 is 0 Å². The number of carbonyl (C=O) groups excluding carboxylic acids is 1. The van der Waals surface area contributed by atoms with E-state index < -0.39 is 0 Å². The molecule has 0 bridgehead atoms. The number of nitrogens with one attached hydrogen (secondary N) is 1. The van der Waals surface area contributed by atoms with E-state index in [1.165, 1.54) is 0 Å². The summed E-state index contributed by atoms with van der Waals surface area (Å²) in [7, 11) is 0. The highest BCUT2D eigenvalue weighted by Crippen LogP contribution is 2.19. The predicted molar refractivity (Wildman–Crippen MR) is 81.0 cm³/mol. The Labute approximate surface area is 125 Å². The van der Waals surface area contributed by atoms with E-state index in [4.69, 9.17) is 4.74 Å². The Morgan fingerprint density at radius 3 is 2.95 bits per heavy atom. The zero-order valence-corrected chi connectivity index (χ0v) is 12.5. The van der Waals surface area contributed by atoms with Gasteiger partial charge in [-0.05, 0) is 25.8 Å². The molecule has 2 N–H and O–H groups in total. The van der Waals surface area contributed by atoms with Crippen LogP contribution in [0.1, 0.15) is 25.3 Å². The van der Waals surface area contributed by atoms with Gasteiger partial charge >= 0.3 is 0 Å². The molecule has 116 valence electrons. The average molecular weight is 292 g/mol. The Bertz CT molecular complexity index is 459. The van der Waals surface area contributed by atoms with Gasteiger partial charge in [0.25, 0.3) is 0 Å². The first-order chi connectivity index (χ1) is 10.2. The fraction of sp³-hybridized carbons (Fsp3) is 0.562. The fourth-order valence-corrected chi connectivity index (χ4v) is 2.60. The van der Waals surface area contributed by atoms with Crippen LogP contribution in [0, 0.1) is 0 Å². The summed E-state index contributed by atoms with van der Waals surface area (Å²) in [5.74, 6) is 0.275. The number of amides is 1. The Balaban J connectivity index is 1.99. The molecule has 0 aliphatic carbocycles. The summed E-state index contributed by atoms with van der Waals surface area (Å²) in [6.45, 7) is 4.92. The molecule has 1 unspecified atom stereocenters. The van der Waals surface area contributed by atoms with Gasteiger partial charge in [-0.15, -0.1) is 0 Å². The number of para-hydroxylation sites is 1. The monoisotopic (exact) mass is 292 g/mol. The highest BCUT2D eigenvalue weighted by atomic mass is 16.5. The number of nitrogens with zero attached hydrogens (tertiary/aromatic N) is 1. The molecule has 1 aliphatic rings. The van der Waals surface area contributed by atoms with Crippen molar-refractivity contribution in [1.82, 2.24) is 10.2 Å².